The average Bonchev–Trinajstić information content (AvgIpc) is 3.40. The van der Waals surface area contributed by atoms with Crippen LogP contribution in [-0.4, -0.2) is 42.5 Å². The predicted octanol–water partition coefficient (Wildman–Crippen LogP) is 1.52. The van der Waals surface area contributed by atoms with E-state index in [1.54, 1.807) is 0 Å². The smallest absolute Gasteiger partial charge is 0.329 e. The Balaban J connectivity index is 1.57. The minimum atomic E-state index is -0.687. The average molecular weight is 402 g/mol. The summed E-state index contributed by atoms with van der Waals surface area (Å²) in [5.41, 5.74) is 0.901. The second kappa shape index (κ2) is 9.87. The Hall–Kier alpha value is -2.41. The fourth-order valence-corrected chi connectivity index (χ4v) is 3.56. The zero-order valence-corrected chi connectivity index (χ0v) is 17.1. The highest BCUT2D eigenvalue weighted by Gasteiger charge is 2.40. The molecule has 7 nitrogen and oxygen atoms in total. The van der Waals surface area contributed by atoms with Gasteiger partial charge in [0, 0.05) is 0 Å². The van der Waals surface area contributed by atoms with Gasteiger partial charge in [-0.15, -0.1) is 0 Å². The van der Waals surface area contributed by atoms with E-state index < -0.39 is 18.1 Å². The number of carbonyl (C=O) groups excluding carboxylic acids is 3. The van der Waals surface area contributed by atoms with Gasteiger partial charge in [-0.05, 0) is 49.6 Å². The van der Waals surface area contributed by atoms with Crippen molar-refractivity contribution in [2.45, 2.75) is 64.3 Å². The molecule has 0 bridgehead atoms. The van der Waals surface area contributed by atoms with Crippen LogP contribution in [-0.2, 0) is 25.7 Å². The Morgan fingerprint density at radius 2 is 1.83 bits per heavy atom. The maximum Gasteiger partial charge on any atom is 0.329 e. The maximum absolute atomic E-state index is 12.9. The number of rotatable bonds is 9. The molecule has 1 unspecified atom stereocenters. The first kappa shape index (κ1) is 21.3. The monoisotopic (exact) mass is 401 g/mol. The van der Waals surface area contributed by atoms with E-state index in [-0.39, 0.29) is 36.3 Å². The molecule has 1 aliphatic heterocycles. The summed E-state index contributed by atoms with van der Waals surface area (Å²) in [6.45, 7) is 4.75. The molecule has 1 aromatic carbocycles. The van der Waals surface area contributed by atoms with Gasteiger partial charge in [0.15, 0.2) is 0 Å². The number of hydrogen-bond donors (Lipinski definition) is 3. The molecule has 3 N–H and O–H groups in total. The summed E-state index contributed by atoms with van der Waals surface area (Å²) in [6.07, 6.45) is 3.49. The summed E-state index contributed by atoms with van der Waals surface area (Å²) in [7, 11) is 0. The van der Waals surface area contributed by atoms with Crippen LogP contribution in [0.5, 0.6) is 0 Å². The molecule has 1 saturated carbocycles. The van der Waals surface area contributed by atoms with Crippen molar-refractivity contribution in [3.05, 3.63) is 35.9 Å². The van der Waals surface area contributed by atoms with Crippen LogP contribution in [0.15, 0.2) is 30.3 Å². The third kappa shape index (κ3) is 6.03. The number of nitrogens with one attached hydrogen (secondary N) is 3. The molecule has 0 aromatic heterocycles. The number of hydrogen-bond acceptors (Lipinski definition) is 5. The largest absolute Gasteiger partial charge is 0.459 e. The van der Waals surface area contributed by atoms with Crippen molar-refractivity contribution in [3.8, 4) is 0 Å². The van der Waals surface area contributed by atoms with E-state index in [1.807, 2.05) is 44.2 Å². The molecular formula is C22H31N3O4. The summed E-state index contributed by atoms with van der Waals surface area (Å²) in [4.78, 5) is 38.0. The lowest BCUT2D eigenvalue weighted by Gasteiger charge is -2.26. The van der Waals surface area contributed by atoms with E-state index >= 15 is 0 Å². The van der Waals surface area contributed by atoms with Crippen LogP contribution in [0.25, 0.3) is 0 Å². The third-order valence-electron chi connectivity index (χ3n) is 5.49. The van der Waals surface area contributed by atoms with Crippen LogP contribution in [0.2, 0.25) is 0 Å². The van der Waals surface area contributed by atoms with Gasteiger partial charge >= 0.3 is 5.97 Å². The first-order valence-corrected chi connectivity index (χ1v) is 10.5. The molecule has 0 spiro atoms. The van der Waals surface area contributed by atoms with E-state index in [1.165, 1.54) is 0 Å². The highest BCUT2D eigenvalue weighted by Crippen LogP contribution is 2.33. The lowest BCUT2D eigenvalue weighted by molar-refractivity contribution is -0.150. The highest BCUT2D eigenvalue weighted by molar-refractivity contribution is 5.92. The third-order valence-corrected chi connectivity index (χ3v) is 5.49. The standard InChI is InChI=1S/C22H31N3O4/c1-14(2)18(24-20(26)17-9-6-12-23-17)21(27)25-19(16-10-11-16)22(28)29-13-15-7-4-3-5-8-15/h3-5,7-8,14,16-19,23H,6,9-13H2,1-2H3,(H,24,26)(H,25,27)/t17-,18+,19?/m0/s1. The molecule has 1 aromatic rings. The molecule has 1 heterocycles. The van der Waals surface area contributed by atoms with E-state index in [4.69, 9.17) is 4.74 Å². The van der Waals surface area contributed by atoms with E-state index in [0.717, 1.165) is 37.8 Å². The number of amides is 2. The Labute approximate surface area is 172 Å². The van der Waals surface area contributed by atoms with Crippen molar-refractivity contribution >= 4 is 17.8 Å². The fraction of sp³-hybridized carbons (Fsp3) is 0.591. The Kier molecular flexibility index (Phi) is 7.25. The van der Waals surface area contributed by atoms with Crippen LogP contribution >= 0.6 is 0 Å². The van der Waals surface area contributed by atoms with Crippen molar-refractivity contribution < 1.29 is 19.1 Å². The second-order valence-corrected chi connectivity index (χ2v) is 8.30. The van der Waals surface area contributed by atoms with Crippen molar-refractivity contribution in [1.29, 1.82) is 0 Å². The van der Waals surface area contributed by atoms with Crippen molar-refractivity contribution in [2.24, 2.45) is 11.8 Å². The lowest BCUT2D eigenvalue weighted by atomic mass is 10.0. The fourth-order valence-electron chi connectivity index (χ4n) is 3.56. The molecule has 2 amide bonds. The molecule has 1 saturated heterocycles. The SMILES string of the molecule is CC(C)[C@@H](NC(=O)[C@@H]1CCCN1)C(=O)NC(C(=O)OCc1ccccc1)C1CC1. The number of ether oxygens (including phenoxy) is 1. The van der Waals surface area contributed by atoms with Gasteiger partial charge in [-0.3, -0.25) is 9.59 Å². The summed E-state index contributed by atoms with van der Waals surface area (Å²) in [6, 6.07) is 7.84. The Morgan fingerprint density at radius 1 is 1.10 bits per heavy atom. The molecule has 0 radical (unpaired) electrons. The number of esters is 1. The molecule has 2 fully saturated rings. The number of benzene rings is 1. The van der Waals surface area contributed by atoms with Crippen molar-refractivity contribution in [3.63, 3.8) is 0 Å². The van der Waals surface area contributed by atoms with Gasteiger partial charge < -0.3 is 20.7 Å². The van der Waals surface area contributed by atoms with Crippen molar-refractivity contribution in [1.82, 2.24) is 16.0 Å². The summed E-state index contributed by atoms with van der Waals surface area (Å²) >= 11 is 0. The zero-order valence-electron chi connectivity index (χ0n) is 17.1. The zero-order chi connectivity index (χ0) is 20.8. The van der Waals surface area contributed by atoms with Crippen LogP contribution in [0.4, 0.5) is 0 Å². The molecule has 158 valence electrons. The lowest BCUT2D eigenvalue weighted by Crippen LogP contribution is -2.56. The van der Waals surface area contributed by atoms with Crippen LogP contribution in [0.1, 0.15) is 45.1 Å². The van der Waals surface area contributed by atoms with E-state index in [2.05, 4.69) is 16.0 Å². The molecule has 3 rings (SSSR count). The maximum atomic E-state index is 12.9. The van der Waals surface area contributed by atoms with Gasteiger partial charge in [-0.1, -0.05) is 44.2 Å². The molecule has 3 atom stereocenters. The normalized spacial score (nSPS) is 20.7. The van der Waals surface area contributed by atoms with Crippen LogP contribution in [0, 0.1) is 11.8 Å². The summed E-state index contributed by atoms with van der Waals surface area (Å²) in [5.74, 6) is -0.912. The van der Waals surface area contributed by atoms with Crippen LogP contribution in [0.3, 0.4) is 0 Å². The first-order chi connectivity index (χ1) is 14.0. The van der Waals surface area contributed by atoms with Gasteiger partial charge in [-0.2, -0.15) is 0 Å². The van der Waals surface area contributed by atoms with Crippen LogP contribution < -0.4 is 16.0 Å². The topological polar surface area (TPSA) is 96.5 Å². The second-order valence-electron chi connectivity index (χ2n) is 8.30. The van der Waals surface area contributed by atoms with Crippen molar-refractivity contribution in [2.75, 3.05) is 6.54 Å². The van der Waals surface area contributed by atoms with E-state index in [0.29, 0.717) is 0 Å². The first-order valence-electron chi connectivity index (χ1n) is 10.5. The van der Waals surface area contributed by atoms with Gasteiger partial charge in [0.2, 0.25) is 11.8 Å². The molecule has 7 heteroatoms. The molecule has 29 heavy (non-hydrogen) atoms. The minimum Gasteiger partial charge on any atom is -0.459 e. The quantitative estimate of drug-likeness (QED) is 0.545. The summed E-state index contributed by atoms with van der Waals surface area (Å²) in [5, 5.41) is 8.84. The van der Waals surface area contributed by atoms with Gasteiger partial charge in [0.1, 0.15) is 18.7 Å². The molecular weight excluding hydrogens is 370 g/mol. The Morgan fingerprint density at radius 3 is 2.41 bits per heavy atom. The molecule has 1 aliphatic carbocycles. The highest BCUT2D eigenvalue weighted by atomic mass is 16.5. The Bertz CT molecular complexity index is 712. The van der Waals surface area contributed by atoms with Gasteiger partial charge in [0.25, 0.3) is 0 Å². The van der Waals surface area contributed by atoms with E-state index in [9.17, 15) is 14.4 Å². The molecule has 2 aliphatic rings. The van der Waals surface area contributed by atoms with Gasteiger partial charge in [-0.25, -0.2) is 4.79 Å². The van der Waals surface area contributed by atoms with Gasteiger partial charge in [0.05, 0.1) is 6.04 Å². The summed E-state index contributed by atoms with van der Waals surface area (Å²) < 4.78 is 5.44. The minimum absolute atomic E-state index is 0.0967. The predicted molar refractivity (Wildman–Crippen MR) is 109 cm³/mol. The number of carbonyl (C=O) groups is 3.